The van der Waals surface area contributed by atoms with E-state index in [4.69, 9.17) is 4.74 Å². The highest BCUT2D eigenvalue weighted by Gasteiger charge is 2.19. The van der Waals surface area contributed by atoms with E-state index in [-0.39, 0.29) is 11.3 Å². The molecule has 0 aliphatic rings. The molecule has 1 aromatic heterocycles. The maximum atomic E-state index is 12.8. The van der Waals surface area contributed by atoms with Gasteiger partial charge >= 0.3 is 5.97 Å². The number of rotatable bonds is 5. The maximum absolute atomic E-state index is 12.8. The van der Waals surface area contributed by atoms with Crippen molar-refractivity contribution in [3.8, 4) is 17.5 Å². The third-order valence-corrected chi connectivity index (χ3v) is 4.97. The highest BCUT2D eigenvalue weighted by Crippen LogP contribution is 2.25. The molecule has 0 aliphatic heterocycles. The fraction of sp³-hybridized carbons (Fsp3) is 0.0385. The van der Waals surface area contributed by atoms with E-state index in [1.807, 2.05) is 0 Å². The normalized spacial score (nSPS) is 10.1. The Morgan fingerprint density at radius 2 is 1.74 bits per heavy atom. The van der Waals surface area contributed by atoms with Crippen LogP contribution in [0.1, 0.15) is 31.8 Å². The summed E-state index contributed by atoms with van der Waals surface area (Å²) in [4.78, 5) is 39.4. The highest BCUT2D eigenvalue weighted by atomic mass is 16.6. The summed E-state index contributed by atoms with van der Waals surface area (Å²) in [6, 6.07) is 17.9. The predicted octanol–water partition coefficient (Wildman–Crippen LogP) is 4.22. The number of benzene rings is 3. The monoisotopic (exact) mass is 466 g/mol. The first-order chi connectivity index (χ1) is 16.9. The lowest BCUT2D eigenvalue weighted by Crippen LogP contribution is -2.13. The van der Waals surface area contributed by atoms with Crippen LogP contribution in [0.25, 0.3) is 5.69 Å². The molecule has 0 spiro atoms. The SMILES string of the molecule is COC(=O)c1cccc(C#Cc2cccc(NC(=O)c3ccc(-n4ccnc4)c([N+](=O)[O-])c3)c2)c1. The van der Waals surface area contributed by atoms with Crippen LogP contribution in [0.3, 0.4) is 0 Å². The van der Waals surface area contributed by atoms with E-state index < -0.39 is 16.8 Å². The summed E-state index contributed by atoms with van der Waals surface area (Å²) in [7, 11) is 1.31. The lowest BCUT2D eigenvalue weighted by Gasteiger charge is -2.08. The molecule has 0 unspecified atom stereocenters. The Labute approximate surface area is 200 Å². The van der Waals surface area contributed by atoms with Crippen molar-refractivity contribution in [2.24, 2.45) is 0 Å². The zero-order chi connectivity index (χ0) is 24.8. The van der Waals surface area contributed by atoms with Crippen LogP contribution in [0.4, 0.5) is 11.4 Å². The van der Waals surface area contributed by atoms with E-state index in [1.165, 1.54) is 42.4 Å². The van der Waals surface area contributed by atoms with E-state index in [0.29, 0.717) is 28.1 Å². The number of imidazole rings is 1. The number of nitrogens with one attached hydrogen (secondary N) is 1. The molecule has 0 fully saturated rings. The lowest BCUT2D eigenvalue weighted by molar-refractivity contribution is -0.384. The molecule has 1 heterocycles. The summed E-state index contributed by atoms with van der Waals surface area (Å²) in [6.07, 6.45) is 4.54. The Hall–Kier alpha value is -5.23. The number of aromatic nitrogens is 2. The summed E-state index contributed by atoms with van der Waals surface area (Å²) in [5.41, 5.74) is 2.36. The minimum atomic E-state index is -0.544. The van der Waals surface area contributed by atoms with E-state index in [2.05, 4.69) is 22.1 Å². The third-order valence-electron chi connectivity index (χ3n) is 4.97. The number of amides is 1. The fourth-order valence-corrected chi connectivity index (χ4v) is 3.29. The predicted molar refractivity (Wildman–Crippen MR) is 128 cm³/mol. The molecule has 4 rings (SSSR count). The number of nitro groups is 1. The Morgan fingerprint density at radius 3 is 2.43 bits per heavy atom. The smallest absolute Gasteiger partial charge is 0.337 e. The summed E-state index contributed by atoms with van der Waals surface area (Å²) >= 11 is 0. The van der Waals surface area contributed by atoms with Crippen molar-refractivity contribution < 1.29 is 19.2 Å². The number of anilines is 1. The minimum Gasteiger partial charge on any atom is -0.465 e. The van der Waals surface area contributed by atoms with Crippen LogP contribution in [-0.4, -0.2) is 33.5 Å². The molecular formula is C26H18N4O5. The van der Waals surface area contributed by atoms with Crippen molar-refractivity contribution in [1.82, 2.24) is 9.55 Å². The zero-order valence-corrected chi connectivity index (χ0v) is 18.5. The van der Waals surface area contributed by atoms with E-state index in [1.54, 1.807) is 54.7 Å². The highest BCUT2D eigenvalue weighted by molar-refractivity contribution is 6.05. The molecule has 172 valence electrons. The number of nitrogens with zero attached hydrogens (tertiary/aromatic N) is 3. The fourth-order valence-electron chi connectivity index (χ4n) is 3.29. The van der Waals surface area contributed by atoms with Gasteiger partial charge in [0.1, 0.15) is 5.69 Å². The van der Waals surface area contributed by atoms with Crippen LogP contribution >= 0.6 is 0 Å². The second kappa shape index (κ2) is 10.1. The summed E-state index contributed by atoms with van der Waals surface area (Å²) in [6.45, 7) is 0. The first-order valence-electron chi connectivity index (χ1n) is 10.3. The molecule has 9 heteroatoms. The Morgan fingerprint density at radius 1 is 1.00 bits per heavy atom. The lowest BCUT2D eigenvalue weighted by atomic mass is 10.1. The van der Waals surface area contributed by atoms with Gasteiger partial charge in [0, 0.05) is 40.8 Å². The van der Waals surface area contributed by atoms with Crippen molar-refractivity contribution in [2.45, 2.75) is 0 Å². The first kappa shape index (κ1) is 22.9. The molecule has 0 bridgehead atoms. The molecule has 0 aliphatic carbocycles. The molecule has 1 N–H and O–H groups in total. The van der Waals surface area contributed by atoms with E-state index in [9.17, 15) is 19.7 Å². The second-order valence-electron chi connectivity index (χ2n) is 7.29. The summed E-state index contributed by atoms with van der Waals surface area (Å²) < 4.78 is 6.22. The van der Waals surface area contributed by atoms with E-state index >= 15 is 0 Å². The van der Waals surface area contributed by atoms with Gasteiger partial charge in [-0.15, -0.1) is 0 Å². The summed E-state index contributed by atoms with van der Waals surface area (Å²) in [5, 5.41) is 14.3. The van der Waals surface area contributed by atoms with Gasteiger partial charge in [0.15, 0.2) is 0 Å². The minimum absolute atomic E-state index is 0.136. The molecule has 0 atom stereocenters. The van der Waals surface area contributed by atoms with Gasteiger partial charge in [-0.25, -0.2) is 9.78 Å². The zero-order valence-electron chi connectivity index (χ0n) is 18.5. The van der Waals surface area contributed by atoms with Crippen LogP contribution in [-0.2, 0) is 4.74 Å². The van der Waals surface area contributed by atoms with Crippen molar-refractivity contribution >= 4 is 23.3 Å². The number of nitro benzene ring substituents is 1. The maximum Gasteiger partial charge on any atom is 0.337 e. The van der Waals surface area contributed by atoms with E-state index in [0.717, 1.165) is 0 Å². The average Bonchev–Trinajstić information content (AvgIpc) is 3.42. The van der Waals surface area contributed by atoms with Crippen molar-refractivity contribution in [3.05, 3.63) is 118 Å². The quantitative estimate of drug-likeness (QED) is 0.204. The third kappa shape index (κ3) is 5.40. The Kier molecular flexibility index (Phi) is 6.65. The topological polar surface area (TPSA) is 116 Å². The van der Waals surface area contributed by atoms with Gasteiger partial charge in [-0.05, 0) is 48.5 Å². The summed E-state index contributed by atoms with van der Waals surface area (Å²) in [5.74, 6) is 5.03. The molecule has 0 saturated carbocycles. The second-order valence-corrected chi connectivity index (χ2v) is 7.29. The van der Waals surface area contributed by atoms with Gasteiger partial charge in [-0.1, -0.05) is 24.0 Å². The first-order valence-corrected chi connectivity index (χ1v) is 10.3. The van der Waals surface area contributed by atoms with Gasteiger partial charge in [0.05, 0.1) is 23.9 Å². The van der Waals surface area contributed by atoms with Crippen LogP contribution in [0.15, 0.2) is 85.5 Å². The van der Waals surface area contributed by atoms with Crippen molar-refractivity contribution in [2.75, 3.05) is 12.4 Å². The molecular weight excluding hydrogens is 448 g/mol. The van der Waals surface area contributed by atoms with Gasteiger partial charge < -0.3 is 14.6 Å². The Bertz CT molecular complexity index is 1480. The molecule has 4 aromatic rings. The van der Waals surface area contributed by atoms with Gasteiger partial charge in [-0.3, -0.25) is 14.9 Å². The number of carbonyl (C=O) groups excluding carboxylic acids is 2. The number of esters is 1. The van der Waals surface area contributed by atoms with Gasteiger partial charge in [0.25, 0.3) is 11.6 Å². The number of carbonyl (C=O) groups is 2. The largest absolute Gasteiger partial charge is 0.465 e. The van der Waals surface area contributed by atoms with Gasteiger partial charge in [0.2, 0.25) is 0 Å². The van der Waals surface area contributed by atoms with Crippen LogP contribution in [0.5, 0.6) is 0 Å². The number of hydrogen-bond acceptors (Lipinski definition) is 6. The molecule has 9 nitrogen and oxygen atoms in total. The van der Waals surface area contributed by atoms with Crippen molar-refractivity contribution in [3.63, 3.8) is 0 Å². The molecule has 35 heavy (non-hydrogen) atoms. The standard InChI is InChI=1S/C26H18N4O5/c1-35-26(32)21-6-2-4-18(14-21)8-9-19-5-3-7-22(15-19)28-25(31)20-10-11-23(24(16-20)30(33)34)29-13-12-27-17-29/h2-7,10-17H,1H3,(H,28,31). The molecule has 3 aromatic carbocycles. The number of ether oxygens (including phenoxy) is 1. The molecule has 0 radical (unpaired) electrons. The molecule has 0 saturated heterocycles. The van der Waals surface area contributed by atoms with Crippen LogP contribution in [0.2, 0.25) is 0 Å². The number of hydrogen-bond donors (Lipinski definition) is 1. The average molecular weight is 466 g/mol. The number of methoxy groups -OCH3 is 1. The Balaban J connectivity index is 1.53. The molecule has 1 amide bonds. The van der Waals surface area contributed by atoms with Gasteiger partial charge in [-0.2, -0.15) is 0 Å². The van der Waals surface area contributed by atoms with Crippen molar-refractivity contribution in [1.29, 1.82) is 0 Å². The van der Waals surface area contributed by atoms with Crippen LogP contribution < -0.4 is 5.32 Å². The van der Waals surface area contributed by atoms with Crippen LogP contribution in [0, 0.1) is 22.0 Å².